The van der Waals surface area contributed by atoms with Crippen LogP contribution < -0.4 is 5.32 Å². The first-order valence-electron chi connectivity index (χ1n) is 7.73. The predicted molar refractivity (Wildman–Crippen MR) is 93.9 cm³/mol. The highest BCUT2D eigenvalue weighted by Gasteiger charge is 2.41. The molecule has 0 aliphatic carbocycles. The molecule has 0 amide bonds. The van der Waals surface area contributed by atoms with Crippen LogP contribution in [0, 0.1) is 0 Å². The molecule has 2 unspecified atom stereocenters. The summed E-state index contributed by atoms with van der Waals surface area (Å²) in [7, 11) is 0. The fourth-order valence-electron chi connectivity index (χ4n) is 3.03. The molecule has 1 aliphatic rings. The molecule has 5 nitrogen and oxygen atoms in total. The minimum atomic E-state index is -0.0494. The molecule has 1 aliphatic heterocycles. The monoisotopic (exact) mass is 336 g/mol. The fraction of sp³-hybridized carbons (Fsp3) is 0.167. The smallest absolute Gasteiger partial charge is 0.170 e. The van der Waals surface area contributed by atoms with E-state index in [9.17, 15) is 0 Å². The van der Waals surface area contributed by atoms with E-state index in [0.717, 1.165) is 17.0 Å². The second-order valence-electron chi connectivity index (χ2n) is 5.63. The SMILES string of the molecule is S=C1NC(c2ccccn2)C(c2ccco2)N1Cc1ccncc1. The van der Waals surface area contributed by atoms with Crippen LogP contribution in [0.15, 0.2) is 71.7 Å². The average Bonchev–Trinajstić information content (AvgIpc) is 3.25. The Hall–Kier alpha value is -2.73. The highest BCUT2D eigenvalue weighted by Crippen LogP contribution is 2.39. The maximum atomic E-state index is 5.70. The van der Waals surface area contributed by atoms with Crippen LogP contribution in [0.2, 0.25) is 0 Å². The first kappa shape index (κ1) is 14.8. The highest BCUT2D eigenvalue weighted by atomic mass is 32.1. The Bertz CT molecular complexity index is 808. The summed E-state index contributed by atoms with van der Waals surface area (Å²) in [5.41, 5.74) is 2.09. The van der Waals surface area contributed by atoms with Crippen LogP contribution in [0.1, 0.15) is 29.1 Å². The molecule has 24 heavy (non-hydrogen) atoms. The molecule has 1 N–H and O–H groups in total. The summed E-state index contributed by atoms with van der Waals surface area (Å²) in [5, 5.41) is 4.10. The van der Waals surface area contributed by atoms with E-state index in [1.54, 1.807) is 24.9 Å². The standard InChI is InChI=1S/C18H16N4OS/c24-18-21-16(14-4-1-2-8-20-14)17(15-5-3-11-23-15)22(18)12-13-6-9-19-10-7-13/h1-11,16-17H,12H2,(H,21,24). The van der Waals surface area contributed by atoms with Gasteiger partial charge in [0.25, 0.3) is 0 Å². The van der Waals surface area contributed by atoms with E-state index < -0.39 is 0 Å². The van der Waals surface area contributed by atoms with Crippen LogP contribution >= 0.6 is 12.2 Å². The topological polar surface area (TPSA) is 54.2 Å². The molecule has 4 rings (SSSR count). The minimum Gasteiger partial charge on any atom is -0.467 e. The third-order valence-corrected chi connectivity index (χ3v) is 4.49. The maximum absolute atomic E-state index is 5.70. The van der Waals surface area contributed by atoms with Gasteiger partial charge in [0.2, 0.25) is 0 Å². The average molecular weight is 336 g/mol. The van der Waals surface area contributed by atoms with Crippen molar-refractivity contribution in [1.82, 2.24) is 20.2 Å². The lowest BCUT2D eigenvalue weighted by molar-refractivity contribution is 0.267. The van der Waals surface area contributed by atoms with E-state index in [4.69, 9.17) is 16.6 Å². The van der Waals surface area contributed by atoms with Gasteiger partial charge < -0.3 is 14.6 Å². The molecule has 120 valence electrons. The normalized spacial score (nSPS) is 20.2. The minimum absolute atomic E-state index is 0.0458. The first-order valence-corrected chi connectivity index (χ1v) is 8.14. The molecule has 0 bridgehead atoms. The van der Waals surface area contributed by atoms with Gasteiger partial charge in [0.15, 0.2) is 5.11 Å². The largest absolute Gasteiger partial charge is 0.467 e. The summed E-state index contributed by atoms with van der Waals surface area (Å²) < 4.78 is 5.70. The van der Waals surface area contributed by atoms with E-state index in [1.165, 1.54) is 0 Å². The van der Waals surface area contributed by atoms with Gasteiger partial charge in [0.05, 0.1) is 18.0 Å². The van der Waals surface area contributed by atoms with Crippen LogP contribution in [-0.4, -0.2) is 20.0 Å². The van der Waals surface area contributed by atoms with E-state index in [1.807, 2.05) is 42.5 Å². The molecular weight excluding hydrogens is 320 g/mol. The Labute approximate surface area is 145 Å². The van der Waals surface area contributed by atoms with Gasteiger partial charge in [-0.2, -0.15) is 0 Å². The van der Waals surface area contributed by atoms with Gasteiger partial charge in [-0.1, -0.05) is 6.07 Å². The van der Waals surface area contributed by atoms with Gasteiger partial charge >= 0.3 is 0 Å². The fourth-order valence-corrected chi connectivity index (χ4v) is 3.33. The zero-order chi connectivity index (χ0) is 16.4. The van der Waals surface area contributed by atoms with Crippen LogP contribution in [0.5, 0.6) is 0 Å². The number of nitrogens with one attached hydrogen (secondary N) is 1. The Kier molecular flexibility index (Phi) is 3.96. The molecule has 0 saturated carbocycles. The summed E-state index contributed by atoms with van der Waals surface area (Å²) in [6.45, 7) is 0.684. The van der Waals surface area contributed by atoms with Crippen LogP contribution in [0.25, 0.3) is 0 Å². The van der Waals surface area contributed by atoms with Crippen molar-refractivity contribution in [2.45, 2.75) is 18.6 Å². The van der Waals surface area contributed by atoms with Gasteiger partial charge in [0.1, 0.15) is 11.8 Å². The van der Waals surface area contributed by atoms with Crippen LogP contribution in [0.4, 0.5) is 0 Å². The molecular formula is C18H16N4OS. The van der Waals surface area contributed by atoms with Gasteiger partial charge in [0, 0.05) is 25.1 Å². The molecule has 1 saturated heterocycles. The molecule has 4 heterocycles. The molecule has 0 spiro atoms. The van der Waals surface area contributed by atoms with E-state index in [0.29, 0.717) is 11.7 Å². The second kappa shape index (κ2) is 6.41. The third kappa shape index (κ3) is 2.76. The van der Waals surface area contributed by atoms with Crippen molar-refractivity contribution in [3.63, 3.8) is 0 Å². The Morgan fingerprint density at radius 1 is 1.08 bits per heavy atom. The lowest BCUT2D eigenvalue weighted by Crippen LogP contribution is -2.29. The van der Waals surface area contributed by atoms with Crippen molar-refractivity contribution in [2.24, 2.45) is 0 Å². The molecule has 0 aromatic carbocycles. The number of nitrogens with zero attached hydrogens (tertiary/aromatic N) is 3. The van der Waals surface area contributed by atoms with Crippen molar-refractivity contribution < 1.29 is 4.42 Å². The predicted octanol–water partition coefficient (Wildman–Crippen LogP) is 3.24. The van der Waals surface area contributed by atoms with Gasteiger partial charge in [-0.05, 0) is 54.2 Å². The molecule has 0 radical (unpaired) electrons. The summed E-state index contributed by atoms with van der Waals surface area (Å²) in [4.78, 5) is 10.7. The Morgan fingerprint density at radius 3 is 2.67 bits per heavy atom. The Balaban J connectivity index is 1.71. The lowest BCUT2D eigenvalue weighted by Gasteiger charge is -2.26. The molecule has 1 fully saturated rings. The van der Waals surface area contributed by atoms with Crippen LogP contribution in [-0.2, 0) is 6.54 Å². The number of hydrogen-bond acceptors (Lipinski definition) is 4. The number of furan rings is 1. The Morgan fingerprint density at radius 2 is 1.96 bits per heavy atom. The zero-order valence-electron chi connectivity index (χ0n) is 12.9. The summed E-state index contributed by atoms with van der Waals surface area (Å²) in [5.74, 6) is 0.868. The summed E-state index contributed by atoms with van der Waals surface area (Å²) >= 11 is 5.60. The summed E-state index contributed by atoms with van der Waals surface area (Å²) in [6.07, 6.45) is 7.07. The van der Waals surface area contributed by atoms with Crippen molar-refractivity contribution in [3.05, 3.63) is 84.3 Å². The van der Waals surface area contributed by atoms with Crippen molar-refractivity contribution in [1.29, 1.82) is 0 Å². The third-order valence-electron chi connectivity index (χ3n) is 4.13. The van der Waals surface area contributed by atoms with Crippen molar-refractivity contribution in [3.8, 4) is 0 Å². The first-order chi connectivity index (χ1) is 11.8. The van der Waals surface area contributed by atoms with Crippen molar-refractivity contribution in [2.75, 3.05) is 0 Å². The van der Waals surface area contributed by atoms with Gasteiger partial charge in [-0.15, -0.1) is 0 Å². The maximum Gasteiger partial charge on any atom is 0.170 e. The number of thiocarbonyl (C=S) groups is 1. The second-order valence-corrected chi connectivity index (χ2v) is 6.01. The van der Waals surface area contributed by atoms with Crippen molar-refractivity contribution >= 4 is 17.3 Å². The molecule has 6 heteroatoms. The number of rotatable bonds is 4. The zero-order valence-corrected chi connectivity index (χ0v) is 13.7. The number of aromatic nitrogens is 2. The molecule has 3 aromatic rings. The lowest BCUT2D eigenvalue weighted by atomic mass is 10.0. The summed E-state index contributed by atoms with van der Waals surface area (Å²) in [6, 6.07) is 13.7. The van der Waals surface area contributed by atoms with Gasteiger partial charge in [-0.25, -0.2) is 0 Å². The number of hydrogen-bond donors (Lipinski definition) is 1. The van der Waals surface area contributed by atoms with E-state index in [2.05, 4.69) is 20.2 Å². The van der Waals surface area contributed by atoms with Crippen LogP contribution in [0.3, 0.4) is 0 Å². The quantitative estimate of drug-likeness (QED) is 0.738. The number of pyridine rings is 2. The van der Waals surface area contributed by atoms with Gasteiger partial charge in [-0.3, -0.25) is 9.97 Å². The van der Waals surface area contributed by atoms with E-state index >= 15 is 0 Å². The molecule has 2 atom stereocenters. The van der Waals surface area contributed by atoms with E-state index in [-0.39, 0.29) is 12.1 Å². The highest BCUT2D eigenvalue weighted by molar-refractivity contribution is 7.80. The molecule has 3 aromatic heterocycles.